The van der Waals surface area contributed by atoms with Gasteiger partial charge in [-0.1, -0.05) is 146 Å². The monoisotopic (exact) mass is 653 g/mol. The van der Waals surface area contributed by atoms with E-state index in [2.05, 4.69) is 188 Å². The van der Waals surface area contributed by atoms with E-state index in [1.54, 1.807) is 0 Å². The van der Waals surface area contributed by atoms with Crippen molar-refractivity contribution in [3.63, 3.8) is 0 Å². The van der Waals surface area contributed by atoms with Gasteiger partial charge in [0.15, 0.2) is 0 Å². The van der Waals surface area contributed by atoms with Crippen LogP contribution in [0.5, 0.6) is 0 Å². The van der Waals surface area contributed by atoms with Crippen LogP contribution in [0.2, 0.25) is 0 Å². The molecule has 0 fully saturated rings. The highest BCUT2D eigenvalue weighted by atomic mass is 15.2. The average Bonchev–Trinajstić information content (AvgIpc) is 3.21. The molecule has 0 N–H and O–H groups in total. The number of likely N-dealkylation sites (N-methyl/N-ethyl adjacent to an activating group) is 1. The van der Waals surface area contributed by atoms with Crippen molar-refractivity contribution < 1.29 is 0 Å². The highest BCUT2D eigenvalue weighted by Gasteiger charge is 2.26. The first-order valence-electron chi connectivity index (χ1n) is 17.4. The number of amidine groups is 1. The van der Waals surface area contributed by atoms with Gasteiger partial charge in [0.2, 0.25) is 0 Å². The number of pyridine rings is 1. The molecule has 3 nitrogen and oxygen atoms in total. The molecule has 8 aromatic rings. The lowest BCUT2D eigenvalue weighted by Gasteiger charge is -2.34. The zero-order valence-corrected chi connectivity index (χ0v) is 28.3. The Morgan fingerprint density at radius 2 is 1.08 bits per heavy atom. The molecule has 1 aliphatic heterocycles. The van der Waals surface area contributed by atoms with E-state index in [0.29, 0.717) is 0 Å². The normalized spacial score (nSPS) is 14.4. The van der Waals surface area contributed by atoms with Crippen molar-refractivity contribution in [1.82, 2.24) is 9.88 Å². The van der Waals surface area contributed by atoms with Crippen molar-refractivity contribution in [1.29, 1.82) is 0 Å². The van der Waals surface area contributed by atoms with Gasteiger partial charge in [0.05, 0.1) is 17.3 Å². The molecule has 0 radical (unpaired) electrons. The van der Waals surface area contributed by atoms with E-state index >= 15 is 0 Å². The van der Waals surface area contributed by atoms with Gasteiger partial charge in [0.25, 0.3) is 0 Å². The third kappa shape index (κ3) is 5.89. The smallest absolute Gasteiger partial charge is 0.137 e. The van der Waals surface area contributed by atoms with Crippen molar-refractivity contribution in [2.24, 2.45) is 4.99 Å². The third-order valence-corrected chi connectivity index (χ3v) is 9.94. The van der Waals surface area contributed by atoms with Gasteiger partial charge in [-0.05, 0) is 86.1 Å². The molecule has 1 aromatic heterocycles. The van der Waals surface area contributed by atoms with E-state index in [1.807, 2.05) is 12.3 Å². The highest BCUT2D eigenvalue weighted by molar-refractivity contribution is 6.03. The summed E-state index contributed by atoms with van der Waals surface area (Å²) >= 11 is 0. The summed E-state index contributed by atoms with van der Waals surface area (Å²) in [4.78, 5) is 12.5. The van der Waals surface area contributed by atoms with E-state index in [0.717, 1.165) is 44.7 Å². The van der Waals surface area contributed by atoms with Crippen molar-refractivity contribution in [2.75, 3.05) is 7.05 Å². The van der Waals surface area contributed by atoms with Crippen LogP contribution in [0.15, 0.2) is 193 Å². The molecule has 0 bridgehead atoms. The standard InChI is InChI=1S/C48H35N3/c1-51-46(32-45(50-48(51)38-15-6-3-7-16-38)36-24-21-35(22-25-36)33-12-4-2-5-13-33)43-30-41(40-26-23-34-14-8-9-17-39(34)28-40)29-42(31-43)44-20-10-18-37-19-11-27-49-47(37)44/h2-32,46H,1H3. The first-order chi connectivity index (χ1) is 25.2. The number of hydrogen-bond donors (Lipinski definition) is 0. The Labute approximate surface area is 298 Å². The van der Waals surface area contributed by atoms with Crippen LogP contribution >= 0.6 is 0 Å². The third-order valence-electron chi connectivity index (χ3n) is 9.94. The lowest BCUT2D eigenvalue weighted by atomic mass is 9.90. The predicted octanol–water partition coefficient (Wildman–Crippen LogP) is 11.9. The number of aliphatic imine (C=N–C) groups is 1. The first kappa shape index (κ1) is 30.5. The van der Waals surface area contributed by atoms with Gasteiger partial charge in [0.1, 0.15) is 5.84 Å². The second kappa shape index (κ2) is 13.0. The minimum Gasteiger partial charge on any atom is -0.349 e. The fraction of sp³-hybridized carbons (Fsp3) is 0.0417. The number of nitrogens with zero attached hydrogens (tertiary/aromatic N) is 3. The summed E-state index contributed by atoms with van der Waals surface area (Å²) in [5.41, 5.74) is 12.3. The average molecular weight is 654 g/mol. The SMILES string of the molecule is CN1C(c2ccccc2)=NC(c2ccc(-c3ccccc3)cc2)=CC1c1cc(-c2ccc3ccccc3c2)cc(-c2cccc3cccnc23)c1. The number of benzene rings is 7. The molecule has 51 heavy (non-hydrogen) atoms. The van der Waals surface area contributed by atoms with Crippen molar-refractivity contribution in [2.45, 2.75) is 6.04 Å². The molecule has 0 amide bonds. The van der Waals surface area contributed by atoms with Crippen LogP contribution in [0.1, 0.15) is 22.7 Å². The first-order valence-corrected chi connectivity index (χ1v) is 17.4. The maximum absolute atomic E-state index is 5.31. The van der Waals surface area contributed by atoms with Gasteiger partial charge in [-0.25, -0.2) is 4.99 Å². The Hall–Kier alpha value is -6.58. The Morgan fingerprint density at radius 1 is 0.451 bits per heavy atom. The molecular formula is C48H35N3. The summed E-state index contributed by atoms with van der Waals surface area (Å²) in [5, 5.41) is 3.59. The van der Waals surface area contributed by atoms with E-state index < -0.39 is 0 Å². The van der Waals surface area contributed by atoms with Crippen LogP contribution in [0.3, 0.4) is 0 Å². The number of hydrogen-bond acceptors (Lipinski definition) is 3. The molecule has 242 valence electrons. The van der Waals surface area contributed by atoms with E-state index in [-0.39, 0.29) is 6.04 Å². The van der Waals surface area contributed by atoms with Crippen LogP contribution in [0, 0.1) is 0 Å². The van der Waals surface area contributed by atoms with Gasteiger partial charge < -0.3 is 4.90 Å². The quantitative estimate of drug-likeness (QED) is 0.179. The minimum atomic E-state index is -0.0800. The number of para-hydroxylation sites is 1. The molecule has 1 unspecified atom stereocenters. The van der Waals surface area contributed by atoms with Gasteiger partial charge in [-0.3, -0.25) is 4.98 Å². The number of aromatic nitrogens is 1. The summed E-state index contributed by atoms with van der Waals surface area (Å²) in [6, 6.07) is 62.7. The summed E-state index contributed by atoms with van der Waals surface area (Å²) in [7, 11) is 2.16. The summed E-state index contributed by atoms with van der Waals surface area (Å²) in [6.07, 6.45) is 4.20. The lowest BCUT2D eigenvalue weighted by molar-refractivity contribution is 0.435. The molecule has 1 aliphatic rings. The van der Waals surface area contributed by atoms with E-state index in [1.165, 1.54) is 38.6 Å². The van der Waals surface area contributed by atoms with Crippen molar-refractivity contribution in [3.8, 4) is 33.4 Å². The molecule has 1 atom stereocenters. The second-order valence-electron chi connectivity index (χ2n) is 13.1. The van der Waals surface area contributed by atoms with E-state index in [4.69, 9.17) is 9.98 Å². The molecular weight excluding hydrogens is 619 g/mol. The fourth-order valence-electron chi connectivity index (χ4n) is 7.27. The maximum atomic E-state index is 5.31. The minimum absolute atomic E-state index is 0.0800. The van der Waals surface area contributed by atoms with Crippen LogP contribution < -0.4 is 0 Å². The molecule has 0 saturated heterocycles. The largest absolute Gasteiger partial charge is 0.349 e. The van der Waals surface area contributed by atoms with Crippen LogP contribution in [-0.4, -0.2) is 22.8 Å². The Balaban J connectivity index is 1.23. The number of fused-ring (bicyclic) bond motifs is 2. The van der Waals surface area contributed by atoms with Gasteiger partial charge >= 0.3 is 0 Å². The number of rotatable bonds is 6. The topological polar surface area (TPSA) is 28.5 Å². The zero-order valence-electron chi connectivity index (χ0n) is 28.3. The van der Waals surface area contributed by atoms with Crippen LogP contribution in [-0.2, 0) is 0 Å². The van der Waals surface area contributed by atoms with Crippen molar-refractivity contribution in [3.05, 3.63) is 205 Å². The fourth-order valence-corrected chi connectivity index (χ4v) is 7.27. The van der Waals surface area contributed by atoms with Crippen LogP contribution in [0.4, 0.5) is 0 Å². The predicted molar refractivity (Wildman–Crippen MR) is 213 cm³/mol. The van der Waals surface area contributed by atoms with Gasteiger partial charge in [0, 0.05) is 29.8 Å². The highest BCUT2D eigenvalue weighted by Crippen LogP contribution is 2.39. The molecule has 0 aliphatic carbocycles. The Bertz CT molecular complexity index is 2580. The summed E-state index contributed by atoms with van der Waals surface area (Å²) < 4.78 is 0. The Morgan fingerprint density at radius 3 is 1.88 bits per heavy atom. The molecule has 0 saturated carbocycles. The molecule has 3 heteroatoms. The van der Waals surface area contributed by atoms with Crippen LogP contribution in [0.25, 0.3) is 60.8 Å². The maximum Gasteiger partial charge on any atom is 0.137 e. The van der Waals surface area contributed by atoms with Gasteiger partial charge in [-0.15, -0.1) is 0 Å². The molecule has 7 aromatic carbocycles. The van der Waals surface area contributed by atoms with Gasteiger partial charge in [-0.2, -0.15) is 0 Å². The Kier molecular flexibility index (Phi) is 7.79. The molecule has 0 spiro atoms. The van der Waals surface area contributed by atoms with E-state index in [9.17, 15) is 0 Å². The summed E-state index contributed by atoms with van der Waals surface area (Å²) in [5.74, 6) is 0.940. The second-order valence-corrected chi connectivity index (χ2v) is 13.1. The lowest BCUT2D eigenvalue weighted by Crippen LogP contribution is -2.33. The zero-order chi connectivity index (χ0) is 34.1. The molecule has 9 rings (SSSR count). The summed E-state index contributed by atoms with van der Waals surface area (Å²) in [6.45, 7) is 0. The molecule has 2 heterocycles. The van der Waals surface area contributed by atoms with Crippen molar-refractivity contribution >= 4 is 33.2 Å².